The van der Waals surface area contributed by atoms with Gasteiger partial charge in [0.05, 0.1) is 6.10 Å². The van der Waals surface area contributed by atoms with Gasteiger partial charge in [-0.2, -0.15) is 0 Å². The summed E-state index contributed by atoms with van der Waals surface area (Å²) < 4.78 is 5.62. The summed E-state index contributed by atoms with van der Waals surface area (Å²) in [6.07, 6.45) is 0.160. The third-order valence-corrected chi connectivity index (χ3v) is 3.83. The zero-order chi connectivity index (χ0) is 17.0. The van der Waals surface area contributed by atoms with Crippen molar-refractivity contribution in [3.05, 3.63) is 64.2 Å². The number of carbonyl (C=O) groups excluding carboxylic acids is 1. The van der Waals surface area contributed by atoms with E-state index in [1.54, 1.807) is 0 Å². The van der Waals surface area contributed by atoms with E-state index in [4.69, 9.17) is 4.74 Å². The topological polar surface area (TPSA) is 38.3 Å². The van der Waals surface area contributed by atoms with Crippen LogP contribution in [0.3, 0.4) is 0 Å². The van der Waals surface area contributed by atoms with Crippen molar-refractivity contribution in [2.24, 2.45) is 0 Å². The predicted octanol–water partition coefficient (Wildman–Crippen LogP) is 4.33. The maximum Gasteiger partial charge on any atom is 0.251 e. The van der Waals surface area contributed by atoms with Crippen LogP contribution in [0.2, 0.25) is 0 Å². The highest BCUT2D eigenvalue weighted by Gasteiger charge is 2.10. The van der Waals surface area contributed by atoms with Crippen molar-refractivity contribution in [1.29, 1.82) is 0 Å². The van der Waals surface area contributed by atoms with Crippen molar-refractivity contribution in [1.82, 2.24) is 5.32 Å². The molecule has 0 aliphatic rings. The van der Waals surface area contributed by atoms with Gasteiger partial charge in [-0.25, -0.2) is 0 Å². The Morgan fingerprint density at radius 2 is 1.61 bits per heavy atom. The minimum Gasteiger partial charge on any atom is -0.491 e. The first kappa shape index (κ1) is 17.1. The first-order valence-corrected chi connectivity index (χ1v) is 7.98. The molecule has 3 heteroatoms. The molecule has 0 heterocycles. The molecule has 0 spiro atoms. The molecule has 0 aliphatic heterocycles. The van der Waals surface area contributed by atoms with Gasteiger partial charge in [0.2, 0.25) is 0 Å². The lowest BCUT2D eigenvalue weighted by Gasteiger charge is -2.12. The van der Waals surface area contributed by atoms with Gasteiger partial charge in [-0.1, -0.05) is 18.2 Å². The van der Waals surface area contributed by atoms with Gasteiger partial charge in [-0.05, 0) is 75.1 Å². The summed E-state index contributed by atoms with van der Waals surface area (Å²) >= 11 is 0. The molecule has 2 rings (SSSR count). The monoisotopic (exact) mass is 311 g/mol. The SMILES string of the molecule is Cc1cc(C)c(C(=O)NCc2ccc(OC(C)C)cc2)cc1C. The van der Waals surface area contributed by atoms with Crippen LogP contribution >= 0.6 is 0 Å². The van der Waals surface area contributed by atoms with Crippen LogP contribution < -0.4 is 10.1 Å². The number of carbonyl (C=O) groups is 1. The van der Waals surface area contributed by atoms with E-state index in [0.717, 1.165) is 28.0 Å². The van der Waals surface area contributed by atoms with Crippen LogP contribution in [0.5, 0.6) is 5.75 Å². The van der Waals surface area contributed by atoms with Gasteiger partial charge in [-0.3, -0.25) is 4.79 Å². The second-order valence-electron chi connectivity index (χ2n) is 6.24. The van der Waals surface area contributed by atoms with Crippen LogP contribution in [0.1, 0.15) is 46.5 Å². The lowest BCUT2D eigenvalue weighted by molar-refractivity contribution is 0.0950. The van der Waals surface area contributed by atoms with Crippen molar-refractivity contribution >= 4 is 5.91 Å². The van der Waals surface area contributed by atoms with Crippen LogP contribution in [0.25, 0.3) is 0 Å². The van der Waals surface area contributed by atoms with Crippen LogP contribution in [0.4, 0.5) is 0 Å². The molecule has 0 radical (unpaired) electrons. The molecule has 0 fully saturated rings. The lowest BCUT2D eigenvalue weighted by atomic mass is 10.0. The van der Waals surface area contributed by atoms with Crippen LogP contribution in [-0.4, -0.2) is 12.0 Å². The van der Waals surface area contributed by atoms with Gasteiger partial charge >= 0.3 is 0 Å². The average molecular weight is 311 g/mol. The molecule has 0 bridgehead atoms. The fraction of sp³-hybridized carbons (Fsp3) is 0.350. The molecule has 1 amide bonds. The summed E-state index contributed by atoms with van der Waals surface area (Å²) in [5, 5.41) is 2.98. The molecule has 122 valence electrons. The highest BCUT2D eigenvalue weighted by atomic mass is 16.5. The van der Waals surface area contributed by atoms with E-state index in [0.29, 0.717) is 6.54 Å². The highest BCUT2D eigenvalue weighted by molar-refractivity contribution is 5.95. The number of hydrogen-bond donors (Lipinski definition) is 1. The van der Waals surface area contributed by atoms with E-state index in [2.05, 4.69) is 18.3 Å². The number of ether oxygens (including phenoxy) is 1. The Morgan fingerprint density at radius 3 is 2.22 bits per heavy atom. The molecule has 0 saturated heterocycles. The van der Waals surface area contributed by atoms with Crippen molar-refractivity contribution in [3.63, 3.8) is 0 Å². The number of amides is 1. The number of nitrogens with one attached hydrogen (secondary N) is 1. The summed E-state index contributed by atoms with van der Waals surface area (Å²) in [5.74, 6) is 0.813. The van der Waals surface area contributed by atoms with Gasteiger partial charge in [0.25, 0.3) is 5.91 Å². The third kappa shape index (κ3) is 4.59. The van der Waals surface area contributed by atoms with Gasteiger partial charge in [0.15, 0.2) is 0 Å². The molecule has 1 N–H and O–H groups in total. The van der Waals surface area contributed by atoms with E-state index >= 15 is 0 Å². The third-order valence-electron chi connectivity index (χ3n) is 3.83. The summed E-state index contributed by atoms with van der Waals surface area (Å²) in [4.78, 5) is 12.4. The maximum absolute atomic E-state index is 12.4. The van der Waals surface area contributed by atoms with Gasteiger partial charge in [-0.15, -0.1) is 0 Å². The molecule has 0 saturated carbocycles. The number of benzene rings is 2. The summed E-state index contributed by atoms with van der Waals surface area (Å²) in [6, 6.07) is 11.8. The Hall–Kier alpha value is -2.29. The molecule has 23 heavy (non-hydrogen) atoms. The molecule has 0 atom stereocenters. The van der Waals surface area contributed by atoms with Crippen LogP contribution in [-0.2, 0) is 6.54 Å². The summed E-state index contributed by atoms with van der Waals surface area (Å²) in [6.45, 7) is 10.6. The smallest absolute Gasteiger partial charge is 0.251 e. The minimum absolute atomic E-state index is 0.0342. The van der Waals surface area contributed by atoms with E-state index in [-0.39, 0.29) is 12.0 Å². The zero-order valence-corrected chi connectivity index (χ0v) is 14.6. The largest absolute Gasteiger partial charge is 0.491 e. The van der Waals surface area contributed by atoms with Gasteiger partial charge in [0.1, 0.15) is 5.75 Å². The average Bonchev–Trinajstić information content (AvgIpc) is 2.49. The van der Waals surface area contributed by atoms with Crippen molar-refractivity contribution in [3.8, 4) is 5.75 Å². The fourth-order valence-electron chi connectivity index (χ4n) is 2.44. The normalized spacial score (nSPS) is 10.7. The van der Waals surface area contributed by atoms with Crippen LogP contribution in [0.15, 0.2) is 36.4 Å². The molecule has 2 aromatic carbocycles. The van der Waals surface area contributed by atoms with E-state index in [1.807, 2.05) is 58.0 Å². The second kappa shape index (κ2) is 7.32. The Bertz CT molecular complexity index is 688. The molecule has 0 unspecified atom stereocenters. The number of hydrogen-bond acceptors (Lipinski definition) is 2. The van der Waals surface area contributed by atoms with Crippen molar-refractivity contribution in [2.75, 3.05) is 0 Å². The molecule has 0 aliphatic carbocycles. The van der Waals surface area contributed by atoms with E-state index in [9.17, 15) is 4.79 Å². The van der Waals surface area contributed by atoms with Gasteiger partial charge < -0.3 is 10.1 Å². The summed E-state index contributed by atoms with van der Waals surface area (Å²) in [7, 11) is 0. The van der Waals surface area contributed by atoms with Gasteiger partial charge in [0, 0.05) is 12.1 Å². The molecule has 0 aromatic heterocycles. The van der Waals surface area contributed by atoms with Crippen LogP contribution in [0, 0.1) is 20.8 Å². The number of aryl methyl sites for hydroxylation is 3. The van der Waals surface area contributed by atoms with E-state index < -0.39 is 0 Å². The Labute approximate surface area is 138 Å². The van der Waals surface area contributed by atoms with Crippen molar-refractivity contribution in [2.45, 2.75) is 47.3 Å². The Kier molecular flexibility index (Phi) is 5.43. The van der Waals surface area contributed by atoms with Crippen molar-refractivity contribution < 1.29 is 9.53 Å². The molecular formula is C20H25NO2. The first-order valence-electron chi connectivity index (χ1n) is 7.98. The maximum atomic E-state index is 12.4. The number of rotatable bonds is 5. The highest BCUT2D eigenvalue weighted by Crippen LogP contribution is 2.16. The quantitative estimate of drug-likeness (QED) is 0.892. The summed E-state index contributed by atoms with van der Waals surface area (Å²) in [5.41, 5.74) is 5.14. The molecule has 3 nitrogen and oxygen atoms in total. The second-order valence-corrected chi connectivity index (χ2v) is 6.24. The Balaban J connectivity index is 2.00. The Morgan fingerprint density at radius 1 is 1.00 bits per heavy atom. The molecule has 2 aromatic rings. The predicted molar refractivity (Wildman–Crippen MR) is 94.0 cm³/mol. The first-order chi connectivity index (χ1) is 10.9. The minimum atomic E-state index is -0.0342. The molecular weight excluding hydrogens is 286 g/mol. The van der Waals surface area contributed by atoms with E-state index in [1.165, 1.54) is 5.56 Å². The zero-order valence-electron chi connectivity index (χ0n) is 14.6. The fourth-order valence-corrected chi connectivity index (χ4v) is 2.44. The lowest BCUT2D eigenvalue weighted by Crippen LogP contribution is -2.23. The standard InChI is InChI=1S/C20H25NO2/c1-13(2)23-18-8-6-17(7-9-18)12-21-20(22)19-11-15(4)14(3)10-16(19)5/h6-11,13H,12H2,1-5H3,(H,21,22).